The van der Waals surface area contributed by atoms with E-state index >= 15 is 0 Å². The van der Waals surface area contributed by atoms with Crippen molar-refractivity contribution in [3.05, 3.63) is 0 Å². The lowest BCUT2D eigenvalue weighted by Gasteiger charge is -2.29. The van der Waals surface area contributed by atoms with Crippen LogP contribution in [0.4, 0.5) is 4.79 Å². The van der Waals surface area contributed by atoms with Crippen molar-refractivity contribution in [2.24, 2.45) is 0 Å². The summed E-state index contributed by atoms with van der Waals surface area (Å²) in [7, 11) is -1.24. The van der Waals surface area contributed by atoms with Crippen LogP contribution in [0.3, 0.4) is 0 Å². The van der Waals surface area contributed by atoms with Gasteiger partial charge in [-0.15, -0.1) is 0 Å². The van der Waals surface area contributed by atoms with E-state index in [1.165, 1.54) is 0 Å². The van der Waals surface area contributed by atoms with E-state index in [9.17, 15) is 4.79 Å². The van der Waals surface area contributed by atoms with Gasteiger partial charge in [0.2, 0.25) is 0 Å². The average Bonchev–Trinajstić information content (AvgIpc) is 2.15. The zero-order valence-corrected chi connectivity index (χ0v) is 10.8. The molecule has 17 heavy (non-hydrogen) atoms. The molecule has 0 aromatic heterocycles. The van der Waals surface area contributed by atoms with Crippen LogP contribution in [0.2, 0.25) is 5.82 Å². The van der Waals surface area contributed by atoms with Crippen LogP contribution >= 0.6 is 0 Å². The molecule has 0 unspecified atom stereocenters. The highest BCUT2D eigenvalue weighted by Gasteiger charge is 2.30. The number of carbonyl (C=O) groups is 1. The summed E-state index contributed by atoms with van der Waals surface area (Å²) in [5.74, 6) is -0.0633. The highest BCUT2D eigenvalue weighted by atomic mass is 16.6. The van der Waals surface area contributed by atoms with Gasteiger partial charge in [-0.1, -0.05) is 12.8 Å². The van der Waals surface area contributed by atoms with E-state index in [4.69, 9.17) is 14.8 Å². The average molecular weight is 243 g/mol. The van der Waals surface area contributed by atoms with Gasteiger partial charge in [0, 0.05) is 6.04 Å². The largest absolute Gasteiger partial charge is 0.454 e. The van der Waals surface area contributed by atoms with E-state index in [2.05, 4.69) is 5.32 Å². The fourth-order valence-corrected chi connectivity index (χ4v) is 2.04. The number of amides is 1. The minimum atomic E-state index is -1.24. The van der Waals surface area contributed by atoms with Gasteiger partial charge in [-0.05, 0) is 39.4 Å². The van der Waals surface area contributed by atoms with Gasteiger partial charge in [0.25, 0.3) is 0 Å². The molecule has 0 aromatic rings. The van der Waals surface area contributed by atoms with Crippen molar-refractivity contribution in [3.63, 3.8) is 0 Å². The molecule has 0 aromatic carbocycles. The third-order valence-corrected chi connectivity index (χ3v) is 2.91. The van der Waals surface area contributed by atoms with Crippen molar-refractivity contribution in [1.29, 1.82) is 0 Å². The Bertz CT molecular complexity index is 257. The molecule has 98 valence electrons. The molecule has 0 radical (unpaired) electrons. The summed E-state index contributed by atoms with van der Waals surface area (Å²) in [6.07, 6.45) is 2.57. The Morgan fingerprint density at radius 3 is 2.18 bits per heavy atom. The van der Waals surface area contributed by atoms with E-state index in [1.807, 2.05) is 20.8 Å². The van der Waals surface area contributed by atoms with Gasteiger partial charge in [0.1, 0.15) is 5.60 Å². The molecular weight excluding hydrogens is 221 g/mol. The number of nitrogens with one attached hydrogen (secondary N) is 1. The van der Waals surface area contributed by atoms with Gasteiger partial charge in [0.15, 0.2) is 0 Å². The molecule has 0 bridgehead atoms. The maximum Gasteiger partial charge on any atom is 0.454 e. The predicted octanol–water partition coefficient (Wildman–Crippen LogP) is 1.30. The highest BCUT2D eigenvalue weighted by Crippen LogP contribution is 2.29. The second-order valence-corrected chi connectivity index (χ2v) is 5.67. The van der Waals surface area contributed by atoms with E-state index in [0.717, 1.165) is 25.7 Å². The van der Waals surface area contributed by atoms with Crippen LogP contribution < -0.4 is 5.32 Å². The van der Waals surface area contributed by atoms with E-state index in [1.54, 1.807) is 0 Å². The van der Waals surface area contributed by atoms with Gasteiger partial charge in [-0.25, -0.2) is 4.79 Å². The quantitative estimate of drug-likeness (QED) is 0.638. The molecule has 0 heterocycles. The third kappa shape index (κ3) is 5.41. The summed E-state index contributed by atoms with van der Waals surface area (Å²) in [5.41, 5.74) is -0.484. The first kappa shape index (κ1) is 14.3. The van der Waals surface area contributed by atoms with Gasteiger partial charge in [-0.2, -0.15) is 0 Å². The van der Waals surface area contributed by atoms with Crippen LogP contribution in [0.5, 0.6) is 0 Å². The van der Waals surface area contributed by atoms with Crippen LogP contribution in [-0.2, 0) is 4.74 Å². The normalized spacial score (nSPS) is 25.2. The van der Waals surface area contributed by atoms with Crippen molar-refractivity contribution < 1.29 is 19.6 Å². The maximum absolute atomic E-state index is 11.5. The van der Waals surface area contributed by atoms with E-state index in [-0.39, 0.29) is 11.9 Å². The number of ether oxygens (including phenoxy) is 1. The van der Waals surface area contributed by atoms with Crippen LogP contribution in [0.25, 0.3) is 0 Å². The van der Waals surface area contributed by atoms with Crippen LogP contribution in [0.1, 0.15) is 46.5 Å². The van der Waals surface area contributed by atoms with Crippen LogP contribution in [-0.4, -0.2) is 34.9 Å². The number of alkyl carbamates (subject to hydrolysis) is 1. The second kappa shape index (κ2) is 5.73. The Morgan fingerprint density at radius 2 is 1.76 bits per heavy atom. The van der Waals surface area contributed by atoms with Crippen molar-refractivity contribution in [2.75, 3.05) is 0 Å². The first-order chi connectivity index (χ1) is 7.78. The second-order valence-electron chi connectivity index (χ2n) is 5.67. The third-order valence-electron chi connectivity index (χ3n) is 2.91. The molecule has 1 fully saturated rings. The highest BCUT2D eigenvalue weighted by molar-refractivity contribution is 6.43. The molecule has 0 saturated heterocycles. The van der Waals surface area contributed by atoms with Crippen LogP contribution in [0, 0.1) is 0 Å². The Labute approximate surface area is 103 Å². The summed E-state index contributed by atoms with van der Waals surface area (Å²) in [5, 5.41) is 20.9. The Morgan fingerprint density at radius 1 is 1.24 bits per heavy atom. The van der Waals surface area contributed by atoms with Crippen molar-refractivity contribution in [1.82, 2.24) is 5.32 Å². The summed E-state index contributed by atoms with van der Waals surface area (Å²) >= 11 is 0. The van der Waals surface area contributed by atoms with Crippen molar-refractivity contribution >= 4 is 13.2 Å². The maximum atomic E-state index is 11.5. The lowest BCUT2D eigenvalue weighted by Crippen LogP contribution is -2.41. The Balaban J connectivity index is 2.29. The standard InChI is InChI=1S/C11H22BNO4/c1-11(2,3)17-10(14)13-9-6-4-8(5-7-9)12(15)16/h8-9,15-16H,4-7H2,1-3H3,(H,13,14). The number of carbonyl (C=O) groups excluding carboxylic acids is 1. The predicted molar refractivity (Wildman–Crippen MR) is 65.6 cm³/mol. The van der Waals surface area contributed by atoms with E-state index < -0.39 is 18.8 Å². The molecule has 1 rings (SSSR count). The van der Waals surface area contributed by atoms with E-state index in [0.29, 0.717) is 0 Å². The fourth-order valence-electron chi connectivity index (χ4n) is 2.04. The molecule has 1 aliphatic rings. The lowest BCUT2D eigenvalue weighted by molar-refractivity contribution is 0.0492. The number of rotatable bonds is 2. The topological polar surface area (TPSA) is 78.8 Å². The Kier molecular flexibility index (Phi) is 4.83. The minimum absolute atomic E-state index is 0.0633. The Hall–Kier alpha value is -0.745. The number of hydrogen-bond donors (Lipinski definition) is 3. The smallest absolute Gasteiger partial charge is 0.444 e. The van der Waals surface area contributed by atoms with Crippen molar-refractivity contribution in [3.8, 4) is 0 Å². The molecule has 0 atom stereocenters. The summed E-state index contributed by atoms with van der Waals surface area (Å²) in [6.45, 7) is 5.47. The monoisotopic (exact) mass is 243 g/mol. The van der Waals surface area contributed by atoms with Gasteiger partial charge < -0.3 is 20.1 Å². The molecule has 1 saturated carbocycles. The van der Waals surface area contributed by atoms with Crippen LogP contribution in [0.15, 0.2) is 0 Å². The molecule has 1 amide bonds. The van der Waals surface area contributed by atoms with Crippen molar-refractivity contribution in [2.45, 2.75) is 63.9 Å². The molecule has 0 aliphatic heterocycles. The zero-order chi connectivity index (χ0) is 13.1. The summed E-state index contributed by atoms with van der Waals surface area (Å²) in [6, 6.07) is 0.0832. The fraction of sp³-hybridized carbons (Fsp3) is 0.909. The summed E-state index contributed by atoms with van der Waals surface area (Å²) in [4.78, 5) is 11.5. The first-order valence-corrected chi connectivity index (χ1v) is 6.13. The van der Waals surface area contributed by atoms with Gasteiger partial charge in [-0.3, -0.25) is 0 Å². The van der Waals surface area contributed by atoms with Gasteiger partial charge in [0.05, 0.1) is 0 Å². The molecule has 6 heteroatoms. The lowest BCUT2D eigenvalue weighted by atomic mass is 9.64. The molecular formula is C11H22BNO4. The summed E-state index contributed by atoms with van der Waals surface area (Å²) < 4.78 is 5.17. The molecule has 3 N–H and O–H groups in total. The molecule has 5 nitrogen and oxygen atoms in total. The first-order valence-electron chi connectivity index (χ1n) is 6.13. The SMILES string of the molecule is CC(C)(C)OC(=O)NC1CCC(B(O)O)CC1. The molecule has 0 spiro atoms. The zero-order valence-electron chi connectivity index (χ0n) is 10.8. The number of hydrogen-bond acceptors (Lipinski definition) is 4. The van der Waals surface area contributed by atoms with Gasteiger partial charge >= 0.3 is 13.2 Å². The molecule has 1 aliphatic carbocycles. The minimum Gasteiger partial charge on any atom is -0.444 e.